The van der Waals surface area contributed by atoms with Crippen LogP contribution >= 0.6 is 0 Å². The van der Waals surface area contributed by atoms with Crippen LogP contribution in [-0.2, 0) is 21.2 Å². The third-order valence-corrected chi connectivity index (χ3v) is 7.41. The molecule has 0 radical (unpaired) electrons. The number of benzene rings is 2. The average Bonchev–Trinajstić information content (AvgIpc) is 3.36. The number of amides is 1. The van der Waals surface area contributed by atoms with E-state index in [1.54, 1.807) is 12.3 Å². The van der Waals surface area contributed by atoms with E-state index in [0.717, 1.165) is 22.1 Å². The van der Waals surface area contributed by atoms with Crippen LogP contribution < -0.4 is 5.32 Å². The highest BCUT2D eigenvalue weighted by Crippen LogP contribution is 2.22. The van der Waals surface area contributed by atoms with Crippen LogP contribution in [0.1, 0.15) is 30.7 Å². The van der Waals surface area contributed by atoms with Crippen LogP contribution in [0, 0.1) is 0 Å². The number of hydrogen-bond donors (Lipinski definition) is 1. The molecule has 1 fully saturated rings. The number of nitrogens with zero attached hydrogens (tertiary/aromatic N) is 1. The zero-order valence-electron chi connectivity index (χ0n) is 17.0. The monoisotopic (exact) mass is 426 g/mol. The quantitative estimate of drug-likeness (QED) is 0.627. The van der Waals surface area contributed by atoms with E-state index in [4.69, 9.17) is 4.42 Å². The molecular weight excluding hydrogens is 400 g/mol. The Morgan fingerprint density at radius 1 is 1.17 bits per heavy atom. The number of furan rings is 1. The minimum Gasteiger partial charge on any atom is -0.468 e. The minimum atomic E-state index is -3.05. The Hall–Kier alpha value is -2.64. The predicted octanol–water partition coefficient (Wildman–Crippen LogP) is 3.30. The summed E-state index contributed by atoms with van der Waals surface area (Å²) >= 11 is 0. The summed E-state index contributed by atoms with van der Waals surface area (Å²) in [6, 6.07) is 17.6. The van der Waals surface area contributed by atoms with Gasteiger partial charge in [0, 0.05) is 6.04 Å². The molecule has 7 heteroatoms. The Morgan fingerprint density at radius 2 is 1.97 bits per heavy atom. The van der Waals surface area contributed by atoms with Gasteiger partial charge < -0.3 is 9.73 Å². The van der Waals surface area contributed by atoms with Gasteiger partial charge in [-0.1, -0.05) is 36.4 Å². The molecule has 1 amide bonds. The van der Waals surface area contributed by atoms with Crippen molar-refractivity contribution in [3.8, 4) is 0 Å². The fourth-order valence-corrected chi connectivity index (χ4v) is 5.77. The molecule has 2 heterocycles. The maximum atomic E-state index is 12.8. The third kappa shape index (κ3) is 4.91. The van der Waals surface area contributed by atoms with Gasteiger partial charge in [-0.2, -0.15) is 0 Å². The van der Waals surface area contributed by atoms with E-state index in [-0.39, 0.29) is 36.0 Å². The van der Waals surface area contributed by atoms with Crippen LogP contribution in [0.25, 0.3) is 10.8 Å². The second-order valence-corrected chi connectivity index (χ2v) is 10.2. The van der Waals surface area contributed by atoms with Gasteiger partial charge in [0.15, 0.2) is 9.84 Å². The Morgan fingerprint density at radius 3 is 2.67 bits per heavy atom. The van der Waals surface area contributed by atoms with Gasteiger partial charge in [0.05, 0.1) is 36.9 Å². The summed E-state index contributed by atoms with van der Waals surface area (Å²) in [6.45, 7) is 2.49. The molecule has 158 valence electrons. The van der Waals surface area contributed by atoms with E-state index < -0.39 is 9.84 Å². The highest BCUT2D eigenvalue weighted by Gasteiger charge is 2.33. The molecule has 0 aliphatic carbocycles. The minimum absolute atomic E-state index is 0.0845. The van der Waals surface area contributed by atoms with Gasteiger partial charge in [0.2, 0.25) is 5.91 Å². The fourth-order valence-electron chi connectivity index (χ4n) is 4.01. The van der Waals surface area contributed by atoms with Crippen molar-refractivity contribution in [2.45, 2.75) is 32.0 Å². The van der Waals surface area contributed by atoms with Gasteiger partial charge in [-0.15, -0.1) is 0 Å². The molecule has 3 aromatic rings. The fraction of sp³-hybridized carbons (Fsp3) is 0.348. The molecule has 0 unspecified atom stereocenters. The molecule has 1 saturated heterocycles. The normalized spacial score (nSPS) is 19.2. The Labute approximate surface area is 176 Å². The van der Waals surface area contributed by atoms with Crippen molar-refractivity contribution in [1.82, 2.24) is 10.2 Å². The lowest BCUT2D eigenvalue weighted by molar-refractivity contribution is -0.123. The first-order chi connectivity index (χ1) is 14.4. The number of hydrogen-bond acceptors (Lipinski definition) is 5. The molecule has 2 atom stereocenters. The van der Waals surface area contributed by atoms with Crippen LogP contribution in [0.5, 0.6) is 0 Å². The number of sulfone groups is 1. The standard InChI is InChI=1S/C23H26N2O4S/c1-17(19-9-8-18-5-2-3-6-20(18)13-19)24-23(26)15-25(14-22-7-4-11-29-22)21-10-12-30(27,28)16-21/h2-9,11,13,17,21H,10,12,14-16H2,1H3,(H,24,26)/t17-,21-/m0/s1. The second-order valence-electron chi connectivity index (χ2n) is 7.94. The van der Waals surface area contributed by atoms with E-state index in [1.807, 2.05) is 36.1 Å². The molecule has 4 rings (SSSR count). The topological polar surface area (TPSA) is 79.6 Å². The van der Waals surface area contributed by atoms with Crippen molar-refractivity contribution in [2.24, 2.45) is 0 Å². The van der Waals surface area contributed by atoms with Crippen molar-refractivity contribution in [2.75, 3.05) is 18.1 Å². The maximum absolute atomic E-state index is 12.8. The predicted molar refractivity (Wildman–Crippen MR) is 117 cm³/mol. The molecule has 1 aliphatic heterocycles. The lowest BCUT2D eigenvalue weighted by Gasteiger charge is -2.27. The number of carbonyl (C=O) groups excluding carboxylic acids is 1. The van der Waals surface area contributed by atoms with Gasteiger partial charge in [-0.25, -0.2) is 8.42 Å². The first kappa shape index (κ1) is 20.6. The van der Waals surface area contributed by atoms with Gasteiger partial charge >= 0.3 is 0 Å². The zero-order chi connectivity index (χ0) is 21.1. The number of rotatable bonds is 7. The van der Waals surface area contributed by atoms with Crippen LogP contribution in [0.2, 0.25) is 0 Å². The van der Waals surface area contributed by atoms with Crippen molar-refractivity contribution in [3.05, 3.63) is 72.2 Å². The van der Waals surface area contributed by atoms with Crippen LogP contribution in [-0.4, -0.2) is 43.3 Å². The summed E-state index contributed by atoms with van der Waals surface area (Å²) in [5, 5.41) is 5.34. The molecular formula is C23H26N2O4S. The lowest BCUT2D eigenvalue weighted by Crippen LogP contribution is -2.43. The lowest BCUT2D eigenvalue weighted by atomic mass is 10.0. The van der Waals surface area contributed by atoms with E-state index >= 15 is 0 Å². The van der Waals surface area contributed by atoms with Crippen LogP contribution in [0.4, 0.5) is 0 Å². The molecule has 1 aromatic heterocycles. The first-order valence-electron chi connectivity index (χ1n) is 10.1. The average molecular weight is 427 g/mol. The maximum Gasteiger partial charge on any atom is 0.234 e. The molecule has 1 aliphatic rings. The molecule has 0 spiro atoms. The zero-order valence-corrected chi connectivity index (χ0v) is 17.8. The Balaban J connectivity index is 1.44. The van der Waals surface area contributed by atoms with E-state index in [0.29, 0.717) is 13.0 Å². The summed E-state index contributed by atoms with van der Waals surface area (Å²) in [5.41, 5.74) is 1.03. The van der Waals surface area contributed by atoms with E-state index in [9.17, 15) is 13.2 Å². The van der Waals surface area contributed by atoms with Gasteiger partial charge in [-0.05, 0) is 47.9 Å². The highest BCUT2D eigenvalue weighted by atomic mass is 32.2. The summed E-state index contributed by atoms with van der Waals surface area (Å²) in [6.07, 6.45) is 2.12. The molecule has 1 N–H and O–H groups in total. The van der Waals surface area contributed by atoms with Crippen molar-refractivity contribution < 1.29 is 17.6 Å². The van der Waals surface area contributed by atoms with Crippen molar-refractivity contribution >= 4 is 26.5 Å². The molecule has 30 heavy (non-hydrogen) atoms. The van der Waals surface area contributed by atoms with Gasteiger partial charge in [-0.3, -0.25) is 9.69 Å². The summed E-state index contributed by atoms with van der Waals surface area (Å²) in [4.78, 5) is 14.7. The molecule has 6 nitrogen and oxygen atoms in total. The van der Waals surface area contributed by atoms with Crippen molar-refractivity contribution in [3.63, 3.8) is 0 Å². The largest absolute Gasteiger partial charge is 0.468 e. The number of nitrogens with one attached hydrogen (secondary N) is 1. The van der Waals surface area contributed by atoms with Crippen molar-refractivity contribution in [1.29, 1.82) is 0 Å². The van der Waals surface area contributed by atoms with Crippen LogP contribution in [0.15, 0.2) is 65.3 Å². The smallest absolute Gasteiger partial charge is 0.234 e. The van der Waals surface area contributed by atoms with E-state index in [2.05, 4.69) is 29.6 Å². The SMILES string of the molecule is C[C@H](NC(=O)CN(Cc1ccco1)[C@H]1CCS(=O)(=O)C1)c1ccc2ccccc2c1. The number of carbonyl (C=O) groups is 1. The Bertz CT molecular complexity index is 1130. The molecule has 2 aromatic carbocycles. The highest BCUT2D eigenvalue weighted by molar-refractivity contribution is 7.91. The van der Waals surface area contributed by atoms with Gasteiger partial charge in [0.25, 0.3) is 0 Å². The molecule has 0 bridgehead atoms. The third-order valence-electron chi connectivity index (χ3n) is 5.66. The summed E-state index contributed by atoms with van der Waals surface area (Å²) < 4.78 is 29.3. The van der Waals surface area contributed by atoms with Gasteiger partial charge in [0.1, 0.15) is 5.76 Å². The second kappa shape index (κ2) is 8.62. The summed E-state index contributed by atoms with van der Waals surface area (Å²) in [5.74, 6) is 0.837. The molecule has 0 saturated carbocycles. The number of fused-ring (bicyclic) bond motifs is 1. The van der Waals surface area contributed by atoms with E-state index in [1.165, 1.54) is 0 Å². The summed E-state index contributed by atoms with van der Waals surface area (Å²) in [7, 11) is -3.05. The Kier molecular flexibility index (Phi) is 5.92. The first-order valence-corrected chi connectivity index (χ1v) is 12.0. The van der Waals surface area contributed by atoms with Crippen LogP contribution in [0.3, 0.4) is 0 Å².